The summed E-state index contributed by atoms with van der Waals surface area (Å²) in [5.41, 5.74) is 0.998. The highest BCUT2D eigenvalue weighted by molar-refractivity contribution is 8.00. The molecule has 2 heterocycles. The lowest BCUT2D eigenvalue weighted by Crippen LogP contribution is -2.15. The highest BCUT2D eigenvalue weighted by Crippen LogP contribution is 2.26. The maximum absolute atomic E-state index is 4.44. The molecular weight excluding hydrogens is 232 g/mol. The number of hydrogen-bond acceptors (Lipinski definition) is 5. The summed E-state index contributed by atoms with van der Waals surface area (Å²) < 4.78 is 0. The molecule has 1 aliphatic rings. The molecule has 0 bridgehead atoms. The average Bonchev–Trinajstić information content (AvgIpc) is 2.79. The SMILES string of the molecule is CCNc1nc(C)cc(NCC2CCCS2)n1. The maximum atomic E-state index is 4.44. The van der Waals surface area contributed by atoms with Crippen LogP contribution >= 0.6 is 11.8 Å². The highest BCUT2D eigenvalue weighted by Gasteiger charge is 2.15. The molecule has 1 unspecified atom stereocenters. The third-order valence-corrected chi connectivity index (χ3v) is 4.12. The summed E-state index contributed by atoms with van der Waals surface area (Å²) in [7, 11) is 0. The summed E-state index contributed by atoms with van der Waals surface area (Å²) in [6, 6.07) is 2.00. The smallest absolute Gasteiger partial charge is 0.224 e. The van der Waals surface area contributed by atoms with Crippen molar-refractivity contribution in [2.75, 3.05) is 29.5 Å². The number of rotatable bonds is 5. The van der Waals surface area contributed by atoms with Gasteiger partial charge in [-0.05, 0) is 32.4 Å². The van der Waals surface area contributed by atoms with Gasteiger partial charge >= 0.3 is 0 Å². The van der Waals surface area contributed by atoms with Crippen LogP contribution in [0.2, 0.25) is 0 Å². The topological polar surface area (TPSA) is 49.8 Å². The molecule has 0 amide bonds. The Balaban J connectivity index is 1.94. The van der Waals surface area contributed by atoms with E-state index in [2.05, 4.69) is 32.4 Å². The van der Waals surface area contributed by atoms with E-state index in [1.165, 1.54) is 18.6 Å². The Kier molecular flexibility index (Phi) is 4.48. The van der Waals surface area contributed by atoms with Crippen molar-refractivity contribution in [3.05, 3.63) is 11.8 Å². The second kappa shape index (κ2) is 6.10. The lowest BCUT2D eigenvalue weighted by molar-refractivity contribution is 0.803. The second-order valence-corrected chi connectivity index (χ2v) is 5.67. The van der Waals surface area contributed by atoms with Gasteiger partial charge in [-0.25, -0.2) is 4.98 Å². The fraction of sp³-hybridized carbons (Fsp3) is 0.667. The van der Waals surface area contributed by atoms with Gasteiger partial charge in [0, 0.05) is 30.1 Å². The molecule has 0 radical (unpaired) electrons. The number of nitrogens with one attached hydrogen (secondary N) is 2. The predicted molar refractivity (Wildman–Crippen MR) is 74.9 cm³/mol. The number of hydrogen-bond donors (Lipinski definition) is 2. The van der Waals surface area contributed by atoms with Crippen molar-refractivity contribution in [3.8, 4) is 0 Å². The second-order valence-electron chi connectivity index (χ2n) is 4.26. The summed E-state index contributed by atoms with van der Waals surface area (Å²) >= 11 is 2.06. The van der Waals surface area contributed by atoms with E-state index in [1.54, 1.807) is 0 Å². The van der Waals surface area contributed by atoms with Gasteiger partial charge in [-0.2, -0.15) is 16.7 Å². The average molecular weight is 252 g/mol. The van der Waals surface area contributed by atoms with Crippen LogP contribution in [0.5, 0.6) is 0 Å². The van der Waals surface area contributed by atoms with Gasteiger partial charge in [0.15, 0.2) is 0 Å². The molecular formula is C12H20N4S. The monoisotopic (exact) mass is 252 g/mol. The molecule has 1 aromatic heterocycles. The first kappa shape index (κ1) is 12.5. The van der Waals surface area contributed by atoms with Crippen LogP contribution in [0.25, 0.3) is 0 Å². The van der Waals surface area contributed by atoms with E-state index < -0.39 is 0 Å². The van der Waals surface area contributed by atoms with Crippen LogP contribution in [-0.2, 0) is 0 Å². The van der Waals surface area contributed by atoms with Gasteiger partial charge in [-0.1, -0.05) is 0 Å². The van der Waals surface area contributed by atoms with E-state index in [-0.39, 0.29) is 0 Å². The molecule has 0 spiro atoms. The molecule has 1 aromatic rings. The fourth-order valence-electron chi connectivity index (χ4n) is 1.92. The summed E-state index contributed by atoms with van der Waals surface area (Å²) in [5, 5.41) is 7.31. The van der Waals surface area contributed by atoms with E-state index in [4.69, 9.17) is 0 Å². The number of nitrogens with zero attached hydrogens (tertiary/aromatic N) is 2. The van der Waals surface area contributed by atoms with Crippen molar-refractivity contribution in [1.29, 1.82) is 0 Å². The van der Waals surface area contributed by atoms with Crippen LogP contribution in [0.15, 0.2) is 6.07 Å². The standard InChI is InChI=1S/C12H20N4S/c1-3-13-12-15-9(2)7-11(16-12)14-8-10-5-4-6-17-10/h7,10H,3-6,8H2,1-2H3,(H2,13,14,15,16). The quantitative estimate of drug-likeness (QED) is 0.843. The maximum Gasteiger partial charge on any atom is 0.224 e. The molecule has 4 nitrogen and oxygen atoms in total. The zero-order valence-electron chi connectivity index (χ0n) is 10.5. The third-order valence-electron chi connectivity index (χ3n) is 2.72. The molecule has 94 valence electrons. The minimum absolute atomic E-state index is 0.717. The lowest BCUT2D eigenvalue weighted by Gasteiger charge is -2.12. The van der Waals surface area contributed by atoms with Gasteiger partial charge in [0.1, 0.15) is 5.82 Å². The highest BCUT2D eigenvalue weighted by atomic mass is 32.2. The molecule has 0 saturated carbocycles. The minimum Gasteiger partial charge on any atom is -0.369 e. The van der Waals surface area contributed by atoms with Crippen LogP contribution in [-0.4, -0.2) is 34.1 Å². The molecule has 1 saturated heterocycles. The van der Waals surface area contributed by atoms with E-state index in [1.807, 2.05) is 19.9 Å². The third kappa shape index (κ3) is 3.77. The first-order valence-electron chi connectivity index (χ1n) is 6.23. The van der Waals surface area contributed by atoms with E-state index in [0.29, 0.717) is 5.95 Å². The van der Waals surface area contributed by atoms with Crippen molar-refractivity contribution in [2.45, 2.75) is 31.9 Å². The minimum atomic E-state index is 0.717. The number of aromatic nitrogens is 2. The normalized spacial score (nSPS) is 19.3. The Labute approximate surface area is 107 Å². The lowest BCUT2D eigenvalue weighted by atomic mass is 10.2. The molecule has 0 aromatic carbocycles. The van der Waals surface area contributed by atoms with E-state index >= 15 is 0 Å². The largest absolute Gasteiger partial charge is 0.369 e. The predicted octanol–water partition coefficient (Wildman–Crippen LogP) is 2.52. The fourth-order valence-corrected chi connectivity index (χ4v) is 3.12. The first-order valence-corrected chi connectivity index (χ1v) is 7.28. The Bertz CT molecular complexity index is 364. The molecule has 1 aliphatic heterocycles. The van der Waals surface area contributed by atoms with Crippen molar-refractivity contribution >= 4 is 23.5 Å². The van der Waals surface area contributed by atoms with Crippen molar-refractivity contribution in [3.63, 3.8) is 0 Å². The molecule has 2 rings (SSSR count). The molecule has 2 N–H and O–H groups in total. The van der Waals surface area contributed by atoms with E-state index in [9.17, 15) is 0 Å². The molecule has 0 aliphatic carbocycles. The number of anilines is 2. The van der Waals surface area contributed by atoms with Crippen molar-refractivity contribution < 1.29 is 0 Å². The van der Waals surface area contributed by atoms with Crippen LogP contribution < -0.4 is 10.6 Å². The summed E-state index contributed by atoms with van der Waals surface area (Å²) in [4.78, 5) is 8.78. The Hall–Kier alpha value is -0.970. The first-order chi connectivity index (χ1) is 8.28. The Morgan fingerprint density at radius 3 is 3.00 bits per heavy atom. The zero-order valence-corrected chi connectivity index (χ0v) is 11.3. The van der Waals surface area contributed by atoms with Crippen LogP contribution in [0.3, 0.4) is 0 Å². The van der Waals surface area contributed by atoms with Crippen LogP contribution in [0, 0.1) is 6.92 Å². The number of aryl methyl sites for hydroxylation is 1. The Morgan fingerprint density at radius 1 is 1.41 bits per heavy atom. The summed E-state index contributed by atoms with van der Waals surface area (Å²) in [6.07, 6.45) is 2.67. The molecule has 5 heteroatoms. The number of thioether (sulfide) groups is 1. The van der Waals surface area contributed by atoms with Crippen molar-refractivity contribution in [2.24, 2.45) is 0 Å². The van der Waals surface area contributed by atoms with Crippen LogP contribution in [0.4, 0.5) is 11.8 Å². The van der Waals surface area contributed by atoms with Gasteiger partial charge in [0.2, 0.25) is 5.95 Å². The molecule has 1 atom stereocenters. The van der Waals surface area contributed by atoms with Crippen molar-refractivity contribution in [1.82, 2.24) is 9.97 Å². The summed E-state index contributed by atoms with van der Waals surface area (Å²) in [5.74, 6) is 2.95. The zero-order chi connectivity index (χ0) is 12.1. The van der Waals surface area contributed by atoms with Gasteiger partial charge in [-0.3, -0.25) is 0 Å². The summed E-state index contributed by atoms with van der Waals surface area (Å²) in [6.45, 7) is 5.90. The molecule has 1 fully saturated rings. The Morgan fingerprint density at radius 2 is 2.29 bits per heavy atom. The van der Waals surface area contributed by atoms with Gasteiger partial charge in [0.05, 0.1) is 0 Å². The van der Waals surface area contributed by atoms with Crippen LogP contribution in [0.1, 0.15) is 25.5 Å². The van der Waals surface area contributed by atoms with Gasteiger partial charge < -0.3 is 10.6 Å². The van der Waals surface area contributed by atoms with Gasteiger partial charge in [-0.15, -0.1) is 0 Å². The van der Waals surface area contributed by atoms with E-state index in [0.717, 1.165) is 29.9 Å². The molecule has 17 heavy (non-hydrogen) atoms. The van der Waals surface area contributed by atoms with Gasteiger partial charge in [0.25, 0.3) is 0 Å².